The highest BCUT2D eigenvalue weighted by Gasteiger charge is 2.15. The SMILES string of the molecule is Brc1ccc2c(c1)/C(=C/c1c[nH]cn1)CCO2. The number of aromatic amines is 1. The summed E-state index contributed by atoms with van der Waals surface area (Å²) < 4.78 is 6.70. The summed E-state index contributed by atoms with van der Waals surface area (Å²) in [6, 6.07) is 6.08. The second-order valence-electron chi connectivity index (χ2n) is 3.90. The number of halogens is 1. The zero-order valence-corrected chi connectivity index (χ0v) is 10.7. The van der Waals surface area contributed by atoms with Crippen LogP contribution in [0.1, 0.15) is 17.7 Å². The average Bonchev–Trinajstić information content (AvgIpc) is 2.83. The zero-order valence-electron chi connectivity index (χ0n) is 9.11. The lowest BCUT2D eigenvalue weighted by Crippen LogP contribution is -2.07. The third kappa shape index (κ3) is 2.13. The van der Waals surface area contributed by atoms with Gasteiger partial charge in [0.05, 0.1) is 18.6 Å². The molecule has 0 saturated heterocycles. The molecule has 1 N–H and O–H groups in total. The van der Waals surface area contributed by atoms with Crippen LogP contribution >= 0.6 is 15.9 Å². The largest absolute Gasteiger partial charge is 0.493 e. The number of rotatable bonds is 1. The van der Waals surface area contributed by atoms with Crippen LogP contribution in [0.4, 0.5) is 0 Å². The molecule has 3 nitrogen and oxygen atoms in total. The summed E-state index contributed by atoms with van der Waals surface area (Å²) in [7, 11) is 0. The summed E-state index contributed by atoms with van der Waals surface area (Å²) in [6.45, 7) is 0.727. The second kappa shape index (κ2) is 4.37. The van der Waals surface area contributed by atoms with Crippen LogP contribution in [0.3, 0.4) is 0 Å². The number of ether oxygens (including phenoxy) is 1. The molecule has 0 atom stereocenters. The minimum atomic E-state index is 0.727. The molecule has 2 heterocycles. The second-order valence-corrected chi connectivity index (χ2v) is 4.82. The van der Waals surface area contributed by atoms with Gasteiger partial charge in [-0.1, -0.05) is 15.9 Å². The first-order valence-electron chi connectivity index (χ1n) is 5.45. The van der Waals surface area contributed by atoms with E-state index in [1.165, 1.54) is 5.57 Å². The van der Waals surface area contributed by atoms with E-state index >= 15 is 0 Å². The van der Waals surface area contributed by atoms with E-state index in [9.17, 15) is 0 Å². The molecule has 2 aromatic rings. The topological polar surface area (TPSA) is 37.9 Å². The Morgan fingerprint density at radius 1 is 1.41 bits per heavy atom. The molecule has 0 amide bonds. The highest BCUT2D eigenvalue weighted by Crippen LogP contribution is 2.35. The minimum absolute atomic E-state index is 0.727. The van der Waals surface area contributed by atoms with Crippen molar-refractivity contribution < 1.29 is 4.74 Å². The van der Waals surface area contributed by atoms with Gasteiger partial charge in [-0.15, -0.1) is 0 Å². The number of H-pyrrole nitrogens is 1. The lowest BCUT2D eigenvalue weighted by molar-refractivity contribution is 0.316. The van der Waals surface area contributed by atoms with Crippen molar-refractivity contribution in [2.24, 2.45) is 0 Å². The fourth-order valence-corrected chi connectivity index (χ4v) is 2.32. The van der Waals surface area contributed by atoms with Gasteiger partial charge in [0, 0.05) is 22.7 Å². The molecule has 0 fully saturated rings. The van der Waals surface area contributed by atoms with Crippen molar-refractivity contribution in [3.63, 3.8) is 0 Å². The summed E-state index contributed by atoms with van der Waals surface area (Å²) in [6.07, 6.45) is 6.59. The fraction of sp³-hybridized carbons (Fsp3) is 0.154. The third-order valence-corrected chi connectivity index (χ3v) is 3.25. The molecule has 3 rings (SSSR count). The van der Waals surface area contributed by atoms with Gasteiger partial charge in [0.1, 0.15) is 5.75 Å². The summed E-state index contributed by atoms with van der Waals surface area (Å²) in [5, 5.41) is 0. The maximum absolute atomic E-state index is 5.64. The van der Waals surface area contributed by atoms with Crippen molar-refractivity contribution >= 4 is 27.6 Å². The number of fused-ring (bicyclic) bond motifs is 1. The molecule has 0 saturated carbocycles. The average molecular weight is 291 g/mol. The van der Waals surface area contributed by atoms with Crippen molar-refractivity contribution in [2.45, 2.75) is 6.42 Å². The highest BCUT2D eigenvalue weighted by molar-refractivity contribution is 9.10. The number of aromatic nitrogens is 2. The van der Waals surface area contributed by atoms with Crippen LogP contribution in [0.5, 0.6) is 5.75 Å². The molecule has 0 radical (unpaired) electrons. The predicted octanol–water partition coefficient (Wildman–Crippen LogP) is 3.50. The summed E-state index contributed by atoms with van der Waals surface area (Å²) in [5.41, 5.74) is 3.36. The Morgan fingerprint density at radius 2 is 2.35 bits per heavy atom. The molecule has 1 aliphatic rings. The van der Waals surface area contributed by atoms with Gasteiger partial charge >= 0.3 is 0 Å². The van der Waals surface area contributed by atoms with Gasteiger partial charge in [-0.3, -0.25) is 0 Å². The van der Waals surface area contributed by atoms with E-state index in [2.05, 4.69) is 38.0 Å². The minimum Gasteiger partial charge on any atom is -0.493 e. The monoisotopic (exact) mass is 290 g/mol. The number of hydrogen-bond donors (Lipinski definition) is 1. The molecule has 17 heavy (non-hydrogen) atoms. The summed E-state index contributed by atoms with van der Waals surface area (Å²) >= 11 is 3.49. The van der Waals surface area contributed by atoms with Crippen LogP contribution in [0.25, 0.3) is 11.6 Å². The standard InChI is InChI=1S/C13H11BrN2O/c14-10-1-2-13-12(6-10)9(3-4-17-13)5-11-7-15-8-16-11/h1-2,5-8H,3-4H2,(H,15,16)/b9-5+. The Morgan fingerprint density at radius 3 is 3.18 bits per heavy atom. The van der Waals surface area contributed by atoms with Gasteiger partial charge in [-0.05, 0) is 29.8 Å². The quantitative estimate of drug-likeness (QED) is 0.873. The van der Waals surface area contributed by atoms with Crippen molar-refractivity contribution in [1.82, 2.24) is 9.97 Å². The Balaban J connectivity index is 2.07. The summed E-state index contributed by atoms with van der Waals surface area (Å²) in [5.74, 6) is 0.946. The Bertz CT molecular complexity index is 561. The van der Waals surface area contributed by atoms with Gasteiger partial charge in [0.25, 0.3) is 0 Å². The van der Waals surface area contributed by atoms with Crippen LogP contribution in [0.15, 0.2) is 35.2 Å². The highest BCUT2D eigenvalue weighted by atomic mass is 79.9. The third-order valence-electron chi connectivity index (χ3n) is 2.76. The maximum atomic E-state index is 5.64. The van der Waals surface area contributed by atoms with E-state index in [1.54, 1.807) is 6.33 Å². The molecule has 1 aliphatic heterocycles. The van der Waals surface area contributed by atoms with Crippen LogP contribution in [0.2, 0.25) is 0 Å². The smallest absolute Gasteiger partial charge is 0.126 e. The van der Waals surface area contributed by atoms with Gasteiger partial charge < -0.3 is 9.72 Å². The lowest BCUT2D eigenvalue weighted by Gasteiger charge is -2.20. The molecule has 1 aromatic heterocycles. The Hall–Kier alpha value is -1.55. The number of imidazole rings is 1. The zero-order chi connectivity index (χ0) is 11.7. The summed E-state index contributed by atoms with van der Waals surface area (Å²) in [4.78, 5) is 7.18. The van der Waals surface area contributed by atoms with Crippen LogP contribution in [-0.2, 0) is 0 Å². The number of nitrogens with zero attached hydrogens (tertiary/aromatic N) is 1. The first-order chi connectivity index (χ1) is 8.33. The Kier molecular flexibility index (Phi) is 2.73. The molecular weight excluding hydrogens is 280 g/mol. The molecular formula is C13H11BrN2O. The van der Waals surface area contributed by atoms with E-state index in [4.69, 9.17) is 4.74 Å². The van der Waals surface area contributed by atoms with Crippen molar-refractivity contribution in [1.29, 1.82) is 0 Å². The number of benzene rings is 1. The molecule has 0 aliphatic carbocycles. The van der Waals surface area contributed by atoms with E-state index in [-0.39, 0.29) is 0 Å². The molecule has 4 heteroatoms. The van der Waals surface area contributed by atoms with Gasteiger partial charge in [0.2, 0.25) is 0 Å². The maximum Gasteiger partial charge on any atom is 0.126 e. The molecule has 0 unspecified atom stereocenters. The fourth-order valence-electron chi connectivity index (χ4n) is 1.96. The molecule has 1 aromatic carbocycles. The van der Waals surface area contributed by atoms with Gasteiger partial charge in [-0.2, -0.15) is 0 Å². The van der Waals surface area contributed by atoms with E-state index in [0.717, 1.165) is 34.5 Å². The van der Waals surface area contributed by atoms with E-state index in [0.29, 0.717) is 0 Å². The molecule has 0 spiro atoms. The van der Waals surface area contributed by atoms with E-state index in [1.807, 2.05) is 18.3 Å². The van der Waals surface area contributed by atoms with Crippen molar-refractivity contribution in [3.8, 4) is 5.75 Å². The lowest BCUT2D eigenvalue weighted by atomic mass is 9.99. The van der Waals surface area contributed by atoms with Crippen LogP contribution in [-0.4, -0.2) is 16.6 Å². The van der Waals surface area contributed by atoms with E-state index < -0.39 is 0 Å². The number of hydrogen-bond acceptors (Lipinski definition) is 2. The Labute approximate surface area is 108 Å². The normalized spacial score (nSPS) is 16.6. The first kappa shape index (κ1) is 10.6. The predicted molar refractivity (Wildman–Crippen MR) is 70.7 cm³/mol. The first-order valence-corrected chi connectivity index (χ1v) is 6.24. The van der Waals surface area contributed by atoms with Crippen molar-refractivity contribution in [2.75, 3.05) is 6.61 Å². The van der Waals surface area contributed by atoms with Crippen molar-refractivity contribution in [3.05, 3.63) is 46.5 Å². The molecule has 86 valence electrons. The molecule has 0 bridgehead atoms. The van der Waals surface area contributed by atoms with Crippen LogP contribution in [0, 0.1) is 0 Å². The van der Waals surface area contributed by atoms with Crippen LogP contribution < -0.4 is 4.74 Å². The van der Waals surface area contributed by atoms with Gasteiger partial charge in [-0.25, -0.2) is 4.98 Å². The van der Waals surface area contributed by atoms with Gasteiger partial charge in [0.15, 0.2) is 0 Å². The number of nitrogens with one attached hydrogen (secondary N) is 1.